The maximum Gasteiger partial charge on any atom is 0.260 e. The summed E-state index contributed by atoms with van der Waals surface area (Å²) >= 11 is 0. The second-order valence-electron chi connectivity index (χ2n) is 24.7. The Hall–Kier alpha value is -0.380. The molecule has 0 atom stereocenters. The Morgan fingerprint density at radius 2 is 0.705 bits per heavy atom. The van der Waals surface area contributed by atoms with Crippen LogP contribution in [0.3, 0.4) is 0 Å². The molecule has 4 aliphatic heterocycles. The van der Waals surface area contributed by atoms with Crippen LogP contribution >= 0.6 is 0 Å². The Labute approximate surface area is 382 Å². The van der Waals surface area contributed by atoms with Crippen LogP contribution in [0, 0.1) is 11.3 Å². The molecule has 0 aromatic heterocycles. The van der Waals surface area contributed by atoms with Gasteiger partial charge in [0.1, 0.15) is 0 Å². The van der Waals surface area contributed by atoms with Gasteiger partial charge in [-0.25, -0.2) is 8.78 Å². The van der Waals surface area contributed by atoms with E-state index in [4.69, 9.17) is 0 Å². The lowest BCUT2D eigenvalue weighted by molar-refractivity contribution is -0.0480. The predicted octanol–water partition coefficient (Wildman–Crippen LogP) is 13.2. The molecule has 6 nitrogen and oxygen atoms in total. The van der Waals surface area contributed by atoms with Crippen molar-refractivity contribution in [1.29, 1.82) is 0 Å². The van der Waals surface area contributed by atoms with E-state index in [1.54, 1.807) is 0 Å². The molecule has 7 rings (SSSR count). The maximum atomic E-state index is 13.2. The van der Waals surface area contributed by atoms with E-state index in [2.05, 4.69) is 108 Å². The van der Waals surface area contributed by atoms with Crippen LogP contribution in [0.25, 0.3) is 0 Å². The smallest absolute Gasteiger partial charge is 0.260 e. The summed E-state index contributed by atoms with van der Waals surface area (Å²) < 4.78 is 26.4. The molecule has 4 saturated heterocycles. The molecule has 3 aliphatic carbocycles. The van der Waals surface area contributed by atoms with E-state index in [-0.39, 0.29) is 33.4 Å². The van der Waals surface area contributed by atoms with Gasteiger partial charge in [-0.1, -0.05) is 61.3 Å². The second kappa shape index (κ2) is 25.5. The van der Waals surface area contributed by atoms with E-state index in [9.17, 15) is 8.78 Å². The molecule has 0 radical (unpaired) electrons. The minimum Gasteiger partial charge on any atom is -0.298 e. The molecule has 0 unspecified atom stereocenters. The number of rotatable bonds is 2. The van der Waals surface area contributed by atoms with Crippen LogP contribution in [0.15, 0.2) is 0 Å². The molecule has 7 fully saturated rings. The summed E-state index contributed by atoms with van der Waals surface area (Å²) in [7, 11) is 0. The van der Waals surface area contributed by atoms with Gasteiger partial charge < -0.3 is 0 Å². The normalized spacial score (nSPS) is 24.9. The highest BCUT2D eigenvalue weighted by Crippen LogP contribution is 2.39. The minimum absolute atomic E-state index is 0. The van der Waals surface area contributed by atoms with Crippen molar-refractivity contribution in [3.8, 4) is 0 Å². The Balaban J connectivity index is 0.000000381. The molecule has 61 heavy (non-hydrogen) atoms. The van der Waals surface area contributed by atoms with Crippen LogP contribution in [-0.2, 0) is 0 Å². The van der Waals surface area contributed by atoms with Crippen molar-refractivity contribution in [2.75, 3.05) is 78.5 Å². The molecular weight excluding hydrogens is 759 g/mol. The van der Waals surface area contributed by atoms with Crippen molar-refractivity contribution in [1.82, 2.24) is 29.4 Å². The Morgan fingerprint density at radius 3 is 1.00 bits per heavy atom. The van der Waals surface area contributed by atoms with Crippen LogP contribution < -0.4 is 0 Å². The molecule has 366 valence electrons. The first-order valence-electron chi connectivity index (χ1n) is 25.0. The number of piperazine rings is 2. The lowest BCUT2D eigenvalue weighted by Gasteiger charge is -2.46. The van der Waals surface area contributed by atoms with Crippen molar-refractivity contribution in [3.05, 3.63) is 0 Å². The zero-order valence-corrected chi connectivity index (χ0v) is 42.3. The molecule has 0 amide bonds. The highest BCUT2D eigenvalue weighted by molar-refractivity contribution is 4.91. The number of nitrogens with zero attached hydrogens (tertiary/aromatic N) is 6. The van der Waals surface area contributed by atoms with Crippen LogP contribution in [0.2, 0.25) is 0 Å². The lowest BCUT2D eigenvalue weighted by Crippen LogP contribution is -2.56. The summed E-state index contributed by atoms with van der Waals surface area (Å²) in [4.78, 5) is 15.1. The number of piperidine rings is 1. The SMILES string of the molecule is C.C.CC(C)(C)C1CCCC1.CC(C)(C)N1CCCCC(F)(F)C1.CC(C)(C)N1CCCCC1.CC(C)(C)N1CCN(C2CC2)CC1.CC(C)(C)N1CCN(C2CCC2)CC1. The summed E-state index contributed by atoms with van der Waals surface area (Å²) in [5.74, 6) is -1.47. The van der Waals surface area contributed by atoms with Crippen LogP contribution in [0.1, 0.15) is 215 Å². The number of hydrogen-bond acceptors (Lipinski definition) is 6. The second-order valence-corrected chi connectivity index (χ2v) is 24.7. The minimum atomic E-state index is -2.48. The van der Waals surface area contributed by atoms with Crippen molar-refractivity contribution < 1.29 is 8.78 Å². The van der Waals surface area contributed by atoms with Gasteiger partial charge in [0.25, 0.3) is 5.92 Å². The highest BCUT2D eigenvalue weighted by Gasteiger charge is 2.37. The molecule has 3 saturated carbocycles. The van der Waals surface area contributed by atoms with Gasteiger partial charge in [-0.2, -0.15) is 0 Å². The maximum absolute atomic E-state index is 13.2. The van der Waals surface area contributed by atoms with Gasteiger partial charge in [-0.05, 0) is 178 Å². The van der Waals surface area contributed by atoms with Gasteiger partial charge in [0.2, 0.25) is 0 Å². The number of alkyl halides is 2. The van der Waals surface area contributed by atoms with Crippen molar-refractivity contribution in [2.45, 2.75) is 255 Å². The number of halogens is 2. The number of hydrogen-bond donors (Lipinski definition) is 0. The summed E-state index contributed by atoms with van der Waals surface area (Å²) in [6, 6.07) is 1.90. The van der Waals surface area contributed by atoms with Crippen molar-refractivity contribution >= 4 is 0 Å². The third kappa shape index (κ3) is 22.1. The van der Waals surface area contributed by atoms with Crippen LogP contribution in [0.5, 0.6) is 0 Å². The van der Waals surface area contributed by atoms with Gasteiger partial charge in [0.05, 0.1) is 6.54 Å². The molecule has 4 heterocycles. The first kappa shape index (κ1) is 58.6. The van der Waals surface area contributed by atoms with Gasteiger partial charge >= 0.3 is 0 Å². The van der Waals surface area contributed by atoms with Gasteiger partial charge in [0, 0.05) is 93.0 Å². The van der Waals surface area contributed by atoms with Gasteiger partial charge in [-0.15, -0.1) is 0 Å². The fraction of sp³-hybridized carbons (Fsp3) is 1.00. The quantitative estimate of drug-likeness (QED) is 0.273. The monoisotopic (exact) mass is 869 g/mol. The zero-order valence-electron chi connectivity index (χ0n) is 42.3. The molecule has 0 bridgehead atoms. The van der Waals surface area contributed by atoms with E-state index in [1.807, 2.05) is 25.7 Å². The molecular formula is C53H110F2N6. The van der Waals surface area contributed by atoms with Gasteiger partial charge in [0.15, 0.2) is 0 Å². The fourth-order valence-corrected chi connectivity index (χ4v) is 9.76. The lowest BCUT2D eigenvalue weighted by atomic mass is 9.80. The summed E-state index contributed by atoms with van der Waals surface area (Å²) in [5, 5.41) is 0. The third-order valence-electron chi connectivity index (χ3n) is 14.7. The van der Waals surface area contributed by atoms with Crippen LogP contribution in [0.4, 0.5) is 8.78 Å². The summed E-state index contributed by atoms with van der Waals surface area (Å²) in [5.41, 5.74) is 1.59. The van der Waals surface area contributed by atoms with E-state index < -0.39 is 5.92 Å². The largest absolute Gasteiger partial charge is 0.298 e. The predicted molar refractivity (Wildman–Crippen MR) is 267 cm³/mol. The molecule has 8 heteroatoms. The Kier molecular flexibility index (Phi) is 24.5. The van der Waals surface area contributed by atoms with E-state index in [1.165, 1.54) is 142 Å². The standard InChI is InChI=1S/C12H24N2.C11H22N2.C10H19F2N.C9H19N.C9H18.2CH4/c1-12(2,3)14-9-7-13(8-10-14)11-5-4-6-11;1-11(2,3)13-8-6-12(7-9-13)10-4-5-10;1-9(2,3)13-7-5-4-6-10(11,12)8-13;1-9(2,3)10-7-5-4-6-8-10;1-9(2,3)8-6-4-5-7-8;;/h11H,4-10H2,1-3H3;10H,4-9H2,1-3H3;4-8H2,1-3H3;4-8H2,1-3H3;8H,4-7H2,1-3H3;2*1H4. The first-order chi connectivity index (χ1) is 27.2. The highest BCUT2D eigenvalue weighted by atomic mass is 19.3. The fourth-order valence-electron chi connectivity index (χ4n) is 9.76. The van der Waals surface area contributed by atoms with Crippen molar-refractivity contribution in [3.63, 3.8) is 0 Å². The molecule has 0 spiro atoms. The Bertz CT molecular complexity index is 1120. The van der Waals surface area contributed by atoms with Gasteiger partial charge in [-0.3, -0.25) is 29.4 Å². The zero-order chi connectivity index (χ0) is 44.3. The Morgan fingerprint density at radius 1 is 0.361 bits per heavy atom. The average molecular weight is 870 g/mol. The topological polar surface area (TPSA) is 19.4 Å². The van der Waals surface area contributed by atoms with E-state index >= 15 is 0 Å². The third-order valence-corrected chi connectivity index (χ3v) is 14.7. The molecule has 7 aliphatic rings. The average Bonchev–Trinajstić information content (AvgIpc) is 3.84. The molecule has 0 aromatic rings. The first-order valence-corrected chi connectivity index (χ1v) is 25.0. The molecule has 0 N–H and O–H groups in total. The molecule has 0 aromatic carbocycles. The van der Waals surface area contributed by atoms with Crippen LogP contribution in [-0.4, -0.2) is 148 Å². The summed E-state index contributed by atoms with van der Waals surface area (Å²) in [6.07, 6.45) is 19.0. The number of likely N-dealkylation sites (tertiary alicyclic amines) is 2. The summed E-state index contributed by atoms with van der Waals surface area (Å²) in [6.45, 7) is 47.5. The van der Waals surface area contributed by atoms with E-state index in [0.717, 1.165) is 31.0 Å². The van der Waals surface area contributed by atoms with E-state index in [0.29, 0.717) is 28.5 Å². The van der Waals surface area contributed by atoms with Crippen molar-refractivity contribution in [2.24, 2.45) is 11.3 Å².